The maximum atomic E-state index is 13.2. The minimum absolute atomic E-state index is 0.0403. The quantitative estimate of drug-likeness (QED) is 0.639. The molecule has 1 aromatic carbocycles. The molecular formula is C20H27F3N4O3S2. The predicted octanol–water partition coefficient (Wildman–Crippen LogP) is 3.17. The lowest BCUT2D eigenvalue weighted by molar-refractivity contribution is -0.221. The molecule has 0 N–H and O–H groups in total. The summed E-state index contributed by atoms with van der Waals surface area (Å²) in [5, 5.41) is 0.437. The van der Waals surface area contributed by atoms with Gasteiger partial charge in [0.1, 0.15) is 0 Å². The van der Waals surface area contributed by atoms with Gasteiger partial charge < -0.3 is 14.5 Å². The number of rotatable bonds is 5. The van der Waals surface area contributed by atoms with E-state index >= 15 is 0 Å². The molecule has 0 saturated carbocycles. The van der Waals surface area contributed by atoms with Crippen LogP contribution in [0, 0.1) is 0 Å². The lowest BCUT2D eigenvalue weighted by Gasteiger charge is -2.35. The summed E-state index contributed by atoms with van der Waals surface area (Å²) in [4.78, 5) is 8.46. The first-order valence-corrected chi connectivity index (χ1v) is 12.9. The molecule has 0 aliphatic carbocycles. The molecule has 0 bridgehead atoms. The number of benzene rings is 1. The fraction of sp³-hybridized carbons (Fsp3) is 0.650. The average Bonchev–Trinajstić information content (AvgIpc) is 3.22. The maximum Gasteiger partial charge on any atom is 0.416 e. The molecule has 2 aliphatic heterocycles. The zero-order valence-electron chi connectivity index (χ0n) is 18.0. The van der Waals surface area contributed by atoms with Crippen LogP contribution in [-0.2, 0) is 14.8 Å². The molecule has 12 heteroatoms. The number of fused-ring (bicyclic) bond motifs is 1. The van der Waals surface area contributed by atoms with Gasteiger partial charge in [0.25, 0.3) is 0 Å². The molecule has 1 aromatic heterocycles. The number of likely N-dealkylation sites (tertiary alicyclic amines) is 1. The first-order valence-electron chi connectivity index (χ1n) is 10.6. The topological polar surface area (TPSA) is 66.0 Å². The first-order chi connectivity index (χ1) is 15.1. The number of ether oxygens (including phenoxy) is 1. The van der Waals surface area contributed by atoms with Crippen LogP contribution >= 0.6 is 11.3 Å². The number of nitrogens with zero attached hydrogens (tertiary/aromatic N) is 4. The molecule has 4 rings (SSSR count). The average molecular weight is 493 g/mol. The molecule has 1 atom stereocenters. The molecule has 7 nitrogen and oxygen atoms in total. The maximum absolute atomic E-state index is 13.2. The smallest absolute Gasteiger partial charge is 0.365 e. The Labute approximate surface area is 189 Å². The second kappa shape index (κ2) is 9.05. The molecule has 0 amide bonds. The third-order valence-electron chi connectivity index (χ3n) is 6.25. The summed E-state index contributed by atoms with van der Waals surface area (Å²) >= 11 is 1.20. The lowest BCUT2D eigenvalue weighted by atomic mass is 10.1. The third-order valence-corrected chi connectivity index (χ3v) is 9.23. The van der Waals surface area contributed by atoms with Gasteiger partial charge in [-0.3, -0.25) is 0 Å². The minimum atomic E-state index is -4.44. The summed E-state index contributed by atoms with van der Waals surface area (Å²) in [6.07, 6.45) is -4.72. The van der Waals surface area contributed by atoms with Gasteiger partial charge in [-0.2, -0.15) is 17.5 Å². The van der Waals surface area contributed by atoms with Crippen molar-refractivity contribution in [3.8, 4) is 0 Å². The van der Waals surface area contributed by atoms with Crippen LogP contribution < -0.4 is 4.90 Å². The van der Waals surface area contributed by atoms with E-state index in [0.29, 0.717) is 21.9 Å². The molecule has 178 valence electrons. The Bertz CT molecular complexity index is 1050. The van der Waals surface area contributed by atoms with E-state index < -0.39 is 22.3 Å². The largest absolute Gasteiger partial charge is 0.416 e. The van der Waals surface area contributed by atoms with Crippen molar-refractivity contribution >= 4 is 36.7 Å². The number of hydrogen-bond acceptors (Lipinski definition) is 7. The zero-order chi connectivity index (χ0) is 23.1. The van der Waals surface area contributed by atoms with Crippen LogP contribution in [0.5, 0.6) is 0 Å². The number of halogens is 3. The monoisotopic (exact) mass is 492 g/mol. The number of hydrogen-bond donors (Lipinski definition) is 0. The van der Waals surface area contributed by atoms with Crippen LogP contribution in [0.4, 0.5) is 18.3 Å². The molecule has 2 aliphatic rings. The number of anilines is 1. The molecule has 2 saturated heterocycles. The third kappa shape index (κ3) is 4.74. The molecule has 0 spiro atoms. The molecule has 2 aromatic rings. The number of thiazole rings is 1. The van der Waals surface area contributed by atoms with Crippen LogP contribution in [0.2, 0.25) is 0 Å². The minimum Gasteiger partial charge on any atom is -0.365 e. The number of piperidine rings is 1. The highest BCUT2D eigenvalue weighted by Crippen LogP contribution is 2.34. The summed E-state index contributed by atoms with van der Waals surface area (Å²) in [5.41, 5.74) is 0.568. The highest BCUT2D eigenvalue weighted by atomic mass is 32.2. The SMILES string of the molecule is CCN1CCC(N(C)S(=O)(=O)c2ccc3nc(N4CCO[C@H](C(F)(F)F)C4)sc3c2)CC1. The normalized spacial score (nSPS) is 22.2. The Morgan fingerprint density at radius 1 is 1.25 bits per heavy atom. The van der Waals surface area contributed by atoms with E-state index in [1.54, 1.807) is 24.1 Å². The van der Waals surface area contributed by atoms with E-state index in [-0.39, 0.29) is 24.1 Å². The summed E-state index contributed by atoms with van der Waals surface area (Å²) in [7, 11) is -2.07. The van der Waals surface area contributed by atoms with Gasteiger partial charge in [0, 0.05) is 19.6 Å². The zero-order valence-corrected chi connectivity index (χ0v) is 19.6. The van der Waals surface area contributed by atoms with Crippen molar-refractivity contribution in [1.29, 1.82) is 0 Å². The molecule has 0 radical (unpaired) electrons. The van der Waals surface area contributed by atoms with E-state index in [2.05, 4.69) is 16.8 Å². The van der Waals surface area contributed by atoms with Crippen LogP contribution in [0.1, 0.15) is 19.8 Å². The van der Waals surface area contributed by atoms with Gasteiger partial charge in [0.15, 0.2) is 11.2 Å². The van der Waals surface area contributed by atoms with Crippen LogP contribution in [0.25, 0.3) is 10.2 Å². The lowest BCUT2D eigenvalue weighted by Crippen LogP contribution is -2.49. The van der Waals surface area contributed by atoms with Crippen molar-refractivity contribution in [2.24, 2.45) is 0 Å². The number of sulfonamides is 1. The van der Waals surface area contributed by atoms with Gasteiger partial charge in [0.05, 0.1) is 28.3 Å². The van der Waals surface area contributed by atoms with Crippen molar-refractivity contribution in [2.45, 2.75) is 43.0 Å². The van der Waals surface area contributed by atoms with Crippen LogP contribution in [0.15, 0.2) is 23.1 Å². The Morgan fingerprint density at radius 3 is 2.62 bits per heavy atom. The second-order valence-corrected chi connectivity index (χ2v) is 11.2. The molecule has 0 unspecified atom stereocenters. The molecule has 3 heterocycles. The van der Waals surface area contributed by atoms with Gasteiger partial charge in [-0.15, -0.1) is 0 Å². The van der Waals surface area contributed by atoms with Crippen LogP contribution in [-0.4, -0.2) is 87.3 Å². The Morgan fingerprint density at radius 2 is 1.97 bits per heavy atom. The fourth-order valence-corrected chi connectivity index (χ4v) is 6.73. The summed E-state index contributed by atoms with van der Waals surface area (Å²) in [5.74, 6) is 0. The first kappa shape index (κ1) is 23.7. The van der Waals surface area contributed by atoms with Crippen LogP contribution in [0.3, 0.4) is 0 Å². The Hall–Kier alpha value is -1.47. The van der Waals surface area contributed by atoms with E-state index in [4.69, 9.17) is 4.74 Å². The highest BCUT2D eigenvalue weighted by Gasteiger charge is 2.44. The standard InChI is InChI=1S/C20H27F3N4O3S2/c1-3-26-8-6-14(7-9-26)25(2)32(28,29)15-4-5-16-17(12-15)31-19(24-16)27-10-11-30-18(13-27)20(21,22)23/h4-5,12,14,18H,3,6-11,13H2,1-2H3/t18-/m0/s1. The van der Waals surface area contributed by atoms with E-state index in [1.165, 1.54) is 21.7 Å². The number of alkyl halides is 3. The fourth-order valence-electron chi connectivity index (χ4n) is 4.17. The molecule has 2 fully saturated rings. The van der Waals surface area contributed by atoms with Crippen molar-refractivity contribution in [3.63, 3.8) is 0 Å². The Kier molecular flexibility index (Phi) is 6.70. The second-order valence-electron chi connectivity index (χ2n) is 8.16. The molecule has 32 heavy (non-hydrogen) atoms. The van der Waals surface area contributed by atoms with E-state index in [1.807, 2.05) is 0 Å². The molecular weight excluding hydrogens is 465 g/mol. The van der Waals surface area contributed by atoms with E-state index in [9.17, 15) is 21.6 Å². The van der Waals surface area contributed by atoms with Crippen molar-refractivity contribution in [1.82, 2.24) is 14.2 Å². The summed E-state index contributed by atoms with van der Waals surface area (Å²) < 4.78 is 72.5. The Balaban J connectivity index is 1.53. The van der Waals surface area contributed by atoms with Gasteiger partial charge in [-0.1, -0.05) is 18.3 Å². The highest BCUT2D eigenvalue weighted by molar-refractivity contribution is 7.89. The van der Waals surface area contributed by atoms with Gasteiger partial charge in [0.2, 0.25) is 10.0 Å². The van der Waals surface area contributed by atoms with Gasteiger partial charge in [-0.05, 0) is 50.7 Å². The number of aromatic nitrogens is 1. The predicted molar refractivity (Wildman–Crippen MR) is 118 cm³/mol. The van der Waals surface area contributed by atoms with Gasteiger partial charge >= 0.3 is 6.18 Å². The number of morpholine rings is 1. The van der Waals surface area contributed by atoms with Crippen molar-refractivity contribution in [3.05, 3.63) is 18.2 Å². The summed E-state index contributed by atoms with van der Waals surface area (Å²) in [6.45, 7) is 4.74. The van der Waals surface area contributed by atoms with Crippen molar-refractivity contribution in [2.75, 3.05) is 51.3 Å². The summed E-state index contributed by atoms with van der Waals surface area (Å²) in [6, 6.07) is 4.67. The van der Waals surface area contributed by atoms with E-state index in [0.717, 1.165) is 32.5 Å². The van der Waals surface area contributed by atoms with Gasteiger partial charge in [-0.25, -0.2) is 13.4 Å². The van der Waals surface area contributed by atoms with Crippen molar-refractivity contribution < 1.29 is 26.3 Å².